The second kappa shape index (κ2) is 11.6. The van der Waals surface area contributed by atoms with Crippen LogP contribution in [-0.4, -0.2) is 62.8 Å². The minimum Gasteiger partial charge on any atom is -0.379 e. The number of rotatable bonds is 6. The van der Waals surface area contributed by atoms with Crippen molar-refractivity contribution in [3.63, 3.8) is 0 Å². The van der Waals surface area contributed by atoms with Crippen molar-refractivity contribution in [1.82, 2.24) is 15.5 Å². The Kier molecular flexibility index (Phi) is 9.82. The topological polar surface area (TPSA) is 48.9 Å². The molecule has 154 valence electrons. The van der Waals surface area contributed by atoms with E-state index in [2.05, 4.69) is 45.0 Å². The molecule has 0 amide bonds. The average molecular weight is 506 g/mol. The number of aliphatic imine (C=N–C) groups is 1. The number of nitrogens with zero attached hydrogens (tertiary/aromatic N) is 2. The van der Waals surface area contributed by atoms with E-state index in [1.807, 2.05) is 18.4 Å². The molecule has 27 heavy (non-hydrogen) atoms. The van der Waals surface area contributed by atoms with Gasteiger partial charge in [0, 0.05) is 49.6 Å². The minimum absolute atomic E-state index is 0. The van der Waals surface area contributed by atoms with E-state index >= 15 is 0 Å². The minimum atomic E-state index is 0. The van der Waals surface area contributed by atoms with Gasteiger partial charge in [-0.05, 0) is 24.3 Å². The Morgan fingerprint density at radius 1 is 1.26 bits per heavy atom. The SMILES string of the molecule is CN=C(NCC(C)c1cccs1)NCC1(N2CCOCC2)CCCCC1.I. The molecule has 1 saturated carbocycles. The number of guanidine groups is 1. The van der Waals surface area contributed by atoms with Crippen molar-refractivity contribution in [1.29, 1.82) is 0 Å². The summed E-state index contributed by atoms with van der Waals surface area (Å²) in [4.78, 5) is 8.55. The second-order valence-electron chi connectivity index (χ2n) is 7.61. The summed E-state index contributed by atoms with van der Waals surface area (Å²) < 4.78 is 5.59. The zero-order valence-corrected chi connectivity index (χ0v) is 19.9. The van der Waals surface area contributed by atoms with E-state index in [0.29, 0.717) is 5.92 Å². The van der Waals surface area contributed by atoms with Crippen LogP contribution in [0.3, 0.4) is 0 Å². The smallest absolute Gasteiger partial charge is 0.191 e. The third-order valence-electron chi connectivity index (χ3n) is 5.88. The molecule has 1 aromatic heterocycles. The van der Waals surface area contributed by atoms with Crippen LogP contribution < -0.4 is 10.6 Å². The van der Waals surface area contributed by atoms with E-state index < -0.39 is 0 Å². The lowest BCUT2D eigenvalue weighted by Gasteiger charge is -2.48. The highest BCUT2D eigenvalue weighted by molar-refractivity contribution is 14.0. The summed E-state index contributed by atoms with van der Waals surface area (Å²) >= 11 is 1.83. The van der Waals surface area contributed by atoms with Gasteiger partial charge in [0.1, 0.15) is 0 Å². The van der Waals surface area contributed by atoms with Gasteiger partial charge in [-0.3, -0.25) is 9.89 Å². The third kappa shape index (κ3) is 6.30. The van der Waals surface area contributed by atoms with Crippen LogP contribution in [0, 0.1) is 0 Å². The molecule has 7 heteroatoms. The van der Waals surface area contributed by atoms with Crippen LogP contribution in [0.5, 0.6) is 0 Å². The monoisotopic (exact) mass is 506 g/mol. The van der Waals surface area contributed by atoms with Crippen molar-refractivity contribution >= 4 is 41.3 Å². The van der Waals surface area contributed by atoms with E-state index in [0.717, 1.165) is 45.4 Å². The molecule has 0 spiro atoms. The fourth-order valence-corrected chi connectivity index (χ4v) is 5.03. The maximum atomic E-state index is 5.59. The van der Waals surface area contributed by atoms with Crippen LogP contribution in [0.15, 0.2) is 22.5 Å². The fraction of sp³-hybridized carbons (Fsp3) is 0.750. The van der Waals surface area contributed by atoms with Crippen LogP contribution in [0.4, 0.5) is 0 Å². The first-order chi connectivity index (χ1) is 12.7. The number of hydrogen-bond donors (Lipinski definition) is 2. The lowest BCUT2D eigenvalue weighted by atomic mass is 9.80. The highest BCUT2D eigenvalue weighted by Crippen LogP contribution is 2.33. The van der Waals surface area contributed by atoms with Crippen LogP contribution in [0.1, 0.15) is 49.8 Å². The highest BCUT2D eigenvalue weighted by Gasteiger charge is 2.38. The van der Waals surface area contributed by atoms with Gasteiger partial charge in [0.15, 0.2) is 5.96 Å². The standard InChI is InChI=1S/C20H34N4OS.HI/c1-17(18-7-6-14-26-18)15-22-19(21-2)23-16-20(8-4-3-5-9-20)24-10-12-25-13-11-24;/h6-7,14,17H,3-5,8-13,15-16H2,1-2H3,(H2,21,22,23);1H. The molecule has 2 heterocycles. The van der Waals surface area contributed by atoms with Gasteiger partial charge in [-0.15, -0.1) is 35.3 Å². The van der Waals surface area contributed by atoms with Gasteiger partial charge in [-0.2, -0.15) is 0 Å². The number of ether oxygens (including phenoxy) is 1. The molecule has 5 nitrogen and oxygen atoms in total. The van der Waals surface area contributed by atoms with Gasteiger partial charge in [0.25, 0.3) is 0 Å². The summed E-state index contributed by atoms with van der Waals surface area (Å²) in [6.45, 7) is 8.00. The van der Waals surface area contributed by atoms with Crippen LogP contribution in [-0.2, 0) is 4.74 Å². The largest absolute Gasteiger partial charge is 0.379 e. The lowest BCUT2D eigenvalue weighted by molar-refractivity contribution is -0.0352. The van der Waals surface area contributed by atoms with Crippen LogP contribution >= 0.6 is 35.3 Å². The van der Waals surface area contributed by atoms with E-state index in [9.17, 15) is 0 Å². The van der Waals surface area contributed by atoms with E-state index in [1.54, 1.807) is 0 Å². The number of thiophene rings is 1. The second-order valence-corrected chi connectivity index (χ2v) is 8.59. The molecular weight excluding hydrogens is 471 g/mol. The number of hydrogen-bond acceptors (Lipinski definition) is 4. The zero-order chi connectivity index (χ0) is 18.2. The fourth-order valence-electron chi connectivity index (χ4n) is 4.24. The molecular formula is C20H35IN4OS. The molecule has 1 aliphatic heterocycles. The first-order valence-electron chi connectivity index (χ1n) is 10.0. The predicted molar refractivity (Wildman–Crippen MR) is 126 cm³/mol. The van der Waals surface area contributed by atoms with Gasteiger partial charge >= 0.3 is 0 Å². The summed E-state index contributed by atoms with van der Waals surface area (Å²) in [6, 6.07) is 4.33. The molecule has 1 atom stereocenters. The number of nitrogens with one attached hydrogen (secondary N) is 2. The molecule has 2 N–H and O–H groups in total. The van der Waals surface area contributed by atoms with Gasteiger partial charge in [0.05, 0.1) is 13.2 Å². The van der Waals surface area contributed by atoms with Crippen molar-refractivity contribution in [3.05, 3.63) is 22.4 Å². The zero-order valence-electron chi connectivity index (χ0n) is 16.7. The molecule has 1 unspecified atom stereocenters. The molecule has 2 fully saturated rings. The predicted octanol–water partition coefficient (Wildman–Crippen LogP) is 3.67. The van der Waals surface area contributed by atoms with Gasteiger partial charge in [0.2, 0.25) is 0 Å². The molecule has 0 bridgehead atoms. The van der Waals surface area contributed by atoms with Crippen molar-refractivity contribution < 1.29 is 4.74 Å². The number of halogens is 1. The van der Waals surface area contributed by atoms with E-state index in [4.69, 9.17) is 4.74 Å². The molecule has 2 aliphatic rings. The Balaban J connectivity index is 0.00000261. The van der Waals surface area contributed by atoms with Crippen molar-refractivity contribution in [3.8, 4) is 0 Å². The molecule has 1 aliphatic carbocycles. The van der Waals surface area contributed by atoms with Gasteiger partial charge in [-0.1, -0.05) is 32.3 Å². The van der Waals surface area contributed by atoms with Gasteiger partial charge in [-0.25, -0.2) is 0 Å². The Labute approximate surface area is 185 Å². The Morgan fingerprint density at radius 3 is 2.63 bits per heavy atom. The Hall–Kier alpha value is -0.380. The third-order valence-corrected chi connectivity index (χ3v) is 6.98. The van der Waals surface area contributed by atoms with Crippen LogP contribution in [0.25, 0.3) is 0 Å². The van der Waals surface area contributed by atoms with Gasteiger partial charge < -0.3 is 15.4 Å². The van der Waals surface area contributed by atoms with Crippen molar-refractivity contribution in [2.45, 2.75) is 50.5 Å². The molecule has 0 aromatic carbocycles. The normalized spacial score (nSPS) is 21.9. The molecule has 1 saturated heterocycles. The van der Waals surface area contributed by atoms with Crippen molar-refractivity contribution in [2.24, 2.45) is 4.99 Å². The molecule has 0 radical (unpaired) electrons. The molecule has 3 rings (SSSR count). The maximum Gasteiger partial charge on any atom is 0.191 e. The summed E-state index contributed by atoms with van der Waals surface area (Å²) in [5.74, 6) is 1.42. The average Bonchev–Trinajstić information content (AvgIpc) is 3.24. The summed E-state index contributed by atoms with van der Waals surface area (Å²) in [5.41, 5.74) is 0.263. The van der Waals surface area contributed by atoms with E-state index in [1.165, 1.54) is 37.0 Å². The Morgan fingerprint density at radius 2 is 2.00 bits per heavy atom. The molecule has 1 aromatic rings. The summed E-state index contributed by atoms with van der Waals surface area (Å²) in [7, 11) is 1.87. The first kappa shape index (κ1) is 22.9. The highest BCUT2D eigenvalue weighted by atomic mass is 127. The summed E-state index contributed by atoms with van der Waals surface area (Å²) in [5, 5.41) is 9.30. The maximum absolute atomic E-state index is 5.59. The lowest BCUT2D eigenvalue weighted by Crippen LogP contribution is -2.60. The first-order valence-corrected chi connectivity index (χ1v) is 10.9. The van der Waals surface area contributed by atoms with Crippen LogP contribution in [0.2, 0.25) is 0 Å². The Bertz CT molecular complexity index is 554. The quantitative estimate of drug-likeness (QED) is 0.351. The van der Waals surface area contributed by atoms with E-state index in [-0.39, 0.29) is 29.5 Å². The summed E-state index contributed by atoms with van der Waals surface area (Å²) in [6.07, 6.45) is 6.60. The number of morpholine rings is 1. The van der Waals surface area contributed by atoms with Crippen molar-refractivity contribution in [2.75, 3.05) is 46.4 Å².